The summed E-state index contributed by atoms with van der Waals surface area (Å²) in [6, 6.07) is 0. The molecule has 19 heavy (non-hydrogen) atoms. The maximum atomic E-state index is 9.55. The Balaban J connectivity index is 2.24. The van der Waals surface area contributed by atoms with E-state index in [2.05, 4.69) is 31.0 Å². The molecule has 0 spiro atoms. The number of ether oxygens (including phenoxy) is 1. The van der Waals surface area contributed by atoms with Crippen molar-refractivity contribution in [2.24, 2.45) is 0 Å². The lowest BCUT2D eigenvalue weighted by Gasteiger charge is -2.35. The van der Waals surface area contributed by atoms with Crippen LogP contribution in [0.25, 0.3) is 0 Å². The number of aliphatic hydroxyl groups is 1. The van der Waals surface area contributed by atoms with E-state index in [-0.39, 0.29) is 12.1 Å². The van der Waals surface area contributed by atoms with Gasteiger partial charge in [-0.15, -0.1) is 0 Å². The van der Waals surface area contributed by atoms with Crippen molar-refractivity contribution < 1.29 is 9.84 Å². The van der Waals surface area contributed by atoms with E-state index < -0.39 is 0 Å². The smallest absolute Gasteiger partial charge is 0.0611 e. The topological polar surface area (TPSA) is 44.7 Å². The minimum absolute atomic E-state index is 0.132. The number of likely N-dealkylation sites (tertiary alicyclic amines) is 1. The number of aliphatic hydroxyl groups excluding tert-OH is 1. The van der Waals surface area contributed by atoms with E-state index in [9.17, 15) is 5.11 Å². The molecular formula is C15H32N2O2. The molecule has 1 fully saturated rings. The normalized spacial score (nSPS) is 21.5. The van der Waals surface area contributed by atoms with Crippen LogP contribution in [0.15, 0.2) is 0 Å². The van der Waals surface area contributed by atoms with Gasteiger partial charge in [0.05, 0.1) is 12.7 Å². The SMILES string of the molecule is CCCNC(C)(CO)CCN1CCC(OCC)CC1. The van der Waals surface area contributed by atoms with E-state index in [1.54, 1.807) is 0 Å². The molecule has 1 aliphatic heterocycles. The monoisotopic (exact) mass is 272 g/mol. The fraction of sp³-hybridized carbons (Fsp3) is 1.00. The van der Waals surface area contributed by atoms with Crippen LogP contribution in [0.1, 0.15) is 46.5 Å². The first-order valence-electron chi connectivity index (χ1n) is 7.83. The second kappa shape index (κ2) is 8.90. The van der Waals surface area contributed by atoms with Gasteiger partial charge in [0.1, 0.15) is 0 Å². The Bertz CT molecular complexity index is 230. The average Bonchev–Trinajstić information content (AvgIpc) is 2.45. The van der Waals surface area contributed by atoms with Gasteiger partial charge in [-0.1, -0.05) is 6.92 Å². The molecule has 0 aromatic carbocycles. The molecule has 0 radical (unpaired) electrons. The van der Waals surface area contributed by atoms with Crippen LogP contribution in [0.3, 0.4) is 0 Å². The van der Waals surface area contributed by atoms with Gasteiger partial charge >= 0.3 is 0 Å². The third kappa shape index (κ3) is 6.21. The van der Waals surface area contributed by atoms with Gasteiger partial charge in [0, 0.05) is 25.2 Å². The van der Waals surface area contributed by atoms with Crippen LogP contribution in [0.4, 0.5) is 0 Å². The predicted molar refractivity (Wildman–Crippen MR) is 79.5 cm³/mol. The highest BCUT2D eigenvalue weighted by molar-refractivity contribution is 4.84. The molecule has 0 bridgehead atoms. The highest BCUT2D eigenvalue weighted by Crippen LogP contribution is 2.16. The van der Waals surface area contributed by atoms with Crippen molar-refractivity contribution in [3.05, 3.63) is 0 Å². The minimum Gasteiger partial charge on any atom is -0.394 e. The Morgan fingerprint density at radius 3 is 2.53 bits per heavy atom. The summed E-state index contributed by atoms with van der Waals surface area (Å²) in [7, 11) is 0. The number of piperidine rings is 1. The molecule has 0 aliphatic carbocycles. The molecule has 4 heteroatoms. The van der Waals surface area contributed by atoms with Gasteiger partial charge < -0.3 is 20.1 Å². The summed E-state index contributed by atoms with van der Waals surface area (Å²) in [6.45, 7) is 11.7. The number of nitrogens with one attached hydrogen (secondary N) is 1. The maximum Gasteiger partial charge on any atom is 0.0611 e. The molecule has 0 aromatic heterocycles. The molecule has 1 heterocycles. The summed E-state index contributed by atoms with van der Waals surface area (Å²) < 4.78 is 5.67. The van der Waals surface area contributed by atoms with Crippen molar-refractivity contribution in [3.63, 3.8) is 0 Å². The number of nitrogens with zero attached hydrogens (tertiary/aromatic N) is 1. The zero-order chi connectivity index (χ0) is 14.1. The molecule has 114 valence electrons. The molecule has 1 rings (SSSR count). The van der Waals surface area contributed by atoms with Crippen molar-refractivity contribution >= 4 is 0 Å². The number of hydrogen-bond acceptors (Lipinski definition) is 4. The van der Waals surface area contributed by atoms with Gasteiger partial charge in [0.15, 0.2) is 0 Å². The van der Waals surface area contributed by atoms with Gasteiger partial charge in [-0.3, -0.25) is 0 Å². The van der Waals surface area contributed by atoms with Crippen LogP contribution in [0.2, 0.25) is 0 Å². The molecule has 1 saturated heterocycles. The van der Waals surface area contributed by atoms with Crippen molar-refractivity contribution in [1.29, 1.82) is 0 Å². The summed E-state index contributed by atoms with van der Waals surface area (Å²) in [5.74, 6) is 0. The van der Waals surface area contributed by atoms with Crippen LogP contribution in [-0.2, 0) is 4.74 Å². The van der Waals surface area contributed by atoms with E-state index in [4.69, 9.17) is 4.74 Å². The van der Waals surface area contributed by atoms with Crippen molar-refractivity contribution in [1.82, 2.24) is 10.2 Å². The fourth-order valence-corrected chi connectivity index (χ4v) is 2.59. The van der Waals surface area contributed by atoms with E-state index in [0.717, 1.165) is 58.5 Å². The Morgan fingerprint density at radius 1 is 1.32 bits per heavy atom. The molecule has 0 aromatic rings. The van der Waals surface area contributed by atoms with Gasteiger partial charge in [0.25, 0.3) is 0 Å². The van der Waals surface area contributed by atoms with E-state index in [1.165, 1.54) is 0 Å². The van der Waals surface area contributed by atoms with Gasteiger partial charge in [-0.25, -0.2) is 0 Å². The molecule has 4 nitrogen and oxygen atoms in total. The Hall–Kier alpha value is -0.160. The van der Waals surface area contributed by atoms with Gasteiger partial charge in [0.2, 0.25) is 0 Å². The second-order valence-electron chi connectivity index (χ2n) is 5.89. The van der Waals surface area contributed by atoms with Gasteiger partial charge in [-0.05, 0) is 52.6 Å². The fourth-order valence-electron chi connectivity index (χ4n) is 2.59. The molecular weight excluding hydrogens is 240 g/mol. The third-order valence-electron chi connectivity index (χ3n) is 4.07. The molecule has 0 amide bonds. The third-order valence-corrected chi connectivity index (χ3v) is 4.07. The highest BCUT2D eigenvalue weighted by Gasteiger charge is 2.25. The van der Waals surface area contributed by atoms with Gasteiger partial charge in [-0.2, -0.15) is 0 Å². The highest BCUT2D eigenvalue weighted by atomic mass is 16.5. The van der Waals surface area contributed by atoms with Crippen LogP contribution in [0, 0.1) is 0 Å². The predicted octanol–water partition coefficient (Wildman–Crippen LogP) is 1.63. The van der Waals surface area contributed by atoms with E-state index in [1.807, 2.05) is 0 Å². The number of rotatable bonds is 9. The molecule has 1 atom stereocenters. The first-order valence-corrected chi connectivity index (χ1v) is 7.83. The lowest BCUT2D eigenvalue weighted by Crippen LogP contribution is -2.49. The quantitative estimate of drug-likeness (QED) is 0.669. The summed E-state index contributed by atoms with van der Waals surface area (Å²) in [6.07, 6.45) is 4.86. The Kier molecular flexibility index (Phi) is 7.91. The maximum absolute atomic E-state index is 9.55. The van der Waals surface area contributed by atoms with Crippen molar-refractivity contribution in [2.45, 2.75) is 58.1 Å². The second-order valence-corrected chi connectivity index (χ2v) is 5.89. The Labute approximate surface area is 118 Å². The summed E-state index contributed by atoms with van der Waals surface area (Å²) >= 11 is 0. The standard InChI is InChI=1S/C15H32N2O2/c1-4-9-16-15(3,13-18)8-12-17-10-6-14(7-11-17)19-5-2/h14,16,18H,4-13H2,1-3H3. The summed E-state index contributed by atoms with van der Waals surface area (Å²) in [5.41, 5.74) is -0.132. The summed E-state index contributed by atoms with van der Waals surface area (Å²) in [5, 5.41) is 13.0. The zero-order valence-corrected chi connectivity index (χ0v) is 13.0. The van der Waals surface area contributed by atoms with Crippen LogP contribution in [-0.4, -0.2) is 61.0 Å². The first-order chi connectivity index (χ1) is 9.13. The van der Waals surface area contributed by atoms with Crippen molar-refractivity contribution in [2.75, 3.05) is 39.4 Å². The lowest BCUT2D eigenvalue weighted by atomic mass is 9.97. The van der Waals surface area contributed by atoms with E-state index in [0.29, 0.717) is 6.10 Å². The van der Waals surface area contributed by atoms with Crippen LogP contribution in [0.5, 0.6) is 0 Å². The van der Waals surface area contributed by atoms with Crippen molar-refractivity contribution in [3.8, 4) is 0 Å². The summed E-state index contributed by atoms with van der Waals surface area (Å²) in [4.78, 5) is 2.50. The molecule has 2 N–H and O–H groups in total. The molecule has 0 saturated carbocycles. The minimum atomic E-state index is -0.132. The largest absolute Gasteiger partial charge is 0.394 e. The lowest BCUT2D eigenvalue weighted by molar-refractivity contribution is 0.0116. The van der Waals surface area contributed by atoms with E-state index >= 15 is 0 Å². The molecule has 1 unspecified atom stereocenters. The average molecular weight is 272 g/mol. The van der Waals surface area contributed by atoms with Crippen LogP contribution < -0.4 is 5.32 Å². The zero-order valence-electron chi connectivity index (χ0n) is 13.0. The van der Waals surface area contributed by atoms with Crippen LogP contribution >= 0.6 is 0 Å². The number of hydrogen-bond donors (Lipinski definition) is 2. The molecule has 1 aliphatic rings. The Morgan fingerprint density at radius 2 is 2.00 bits per heavy atom. The first kappa shape index (κ1) is 16.9.